The van der Waals surface area contributed by atoms with Crippen LogP contribution in [0, 0.1) is 12.7 Å². The third-order valence-corrected chi connectivity index (χ3v) is 7.08. The number of benzene rings is 3. The van der Waals surface area contributed by atoms with Gasteiger partial charge in [-0.2, -0.15) is 0 Å². The predicted molar refractivity (Wildman–Crippen MR) is 125 cm³/mol. The number of carbonyl (C=O) groups is 1. The van der Waals surface area contributed by atoms with Crippen molar-refractivity contribution in [3.8, 4) is 11.5 Å². The molecule has 0 spiro atoms. The van der Waals surface area contributed by atoms with E-state index >= 15 is 0 Å². The molecular weight excluding hydrogens is 471 g/mol. The molecule has 0 aliphatic carbocycles. The Hall–Kier alpha value is -3.30. The summed E-state index contributed by atoms with van der Waals surface area (Å²) in [6, 6.07) is 12.4. The third kappa shape index (κ3) is 5.37. The molecule has 0 saturated heterocycles. The van der Waals surface area contributed by atoms with E-state index in [9.17, 15) is 17.6 Å². The summed E-state index contributed by atoms with van der Waals surface area (Å²) in [5.41, 5.74) is 1.31. The summed E-state index contributed by atoms with van der Waals surface area (Å²) in [7, 11) is -1.35. The number of rotatable bonds is 8. The van der Waals surface area contributed by atoms with Gasteiger partial charge in [0.1, 0.15) is 5.82 Å². The average molecular weight is 493 g/mol. The van der Waals surface area contributed by atoms with Crippen molar-refractivity contribution in [2.24, 2.45) is 0 Å². The number of anilines is 2. The summed E-state index contributed by atoms with van der Waals surface area (Å²) in [6.45, 7) is 1.51. The molecule has 0 aliphatic heterocycles. The van der Waals surface area contributed by atoms with Crippen LogP contribution in [0.2, 0.25) is 5.02 Å². The van der Waals surface area contributed by atoms with Gasteiger partial charge in [0.25, 0.3) is 0 Å². The largest absolute Gasteiger partial charge is 0.493 e. The molecule has 10 heteroatoms. The molecule has 0 aliphatic rings. The number of ether oxygens (including phenoxy) is 2. The maximum atomic E-state index is 14.0. The van der Waals surface area contributed by atoms with E-state index in [1.165, 1.54) is 38.5 Å². The topological polar surface area (TPSA) is 93.7 Å². The minimum atomic E-state index is -4.16. The van der Waals surface area contributed by atoms with Gasteiger partial charge in [0.2, 0.25) is 15.7 Å². The predicted octanol–water partition coefficient (Wildman–Crippen LogP) is 4.69. The molecule has 33 heavy (non-hydrogen) atoms. The summed E-state index contributed by atoms with van der Waals surface area (Å²) in [5, 5.41) is 5.99. The molecular formula is C23H22ClFN2O5S. The SMILES string of the molecule is COc1ccc(S(=O)(=O)c2cc(F)ccc2NCC(=O)Nc2cccc(Cl)c2C)cc1OC. The first kappa shape index (κ1) is 24.3. The van der Waals surface area contributed by atoms with Crippen LogP contribution in [0.1, 0.15) is 5.56 Å². The second-order valence-electron chi connectivity index (χ2n) is 6.97. The second kappa shape index (κ2) is 10.1. The highest BCUT2D eigenvalue weighted by molar-refractivity contribution is 7.91. The van der Waals surface area contributed by atoms with Crippen molar-refractivity contribution in [2.45, 2.75) is 16.7 Å². The Morgan fingerprint density at radius 1 is 1.00 bits per heavy atom. The van der Waals surface area contributed by atoms with Crippen LogP contribution in [0.3, 0.4) is 0 Å². The third-order valence-electron chi connectivity index (χ3n) is 4.88. The van der Waals surface area contributed by atoms with Gasteiger partial charge in [-0.1, -0.05) is 17.7 Å². The quantitative estimate of drug-likeness (QED) is 0.474. The molecule has 3 aromatic carbocycles. The Labute approximate surface area is 196 Å². The maximum absolute atomic E-state index is 14.0. The van der Waals surface area contributed by atoms with E-state index in [1.54, 1.807) is 25.1 Å². The number of methoxy groups -OCH3 is 2. The lowest BCUT2D eigenvalue weighted by molar-refractivity contribution is -0.114. The first-order valence-corrected chi connectivity index (χ1v) is 11.6. The fraction of sp³-hybridized carbons (Fsp3) is 0.174. The molecule has 7 nitrogen and oxygen atoms in total. The Balaban J connectivity index is 1.87. The van der Waals surface area contributed by atoms with Crippen LogP contribution < -0.4 is 20.1 Å². The lowest BCUT2D eigenvalue weighted by Gasteiger charge is -2.15. The van der Waals surface area contributed by atoms with Crippen molar-refractivity contribution >= 4 is 38.7 Å². The summed E-state index contributed by atoms with van der Waals surface area (Å²) >= 11 is 6.07. The molecule has 2 N–H and O–H groups in total. The summed E-state index contributed by atoms with van der Waals surface area (Å²) < 4.78 is 50.9. The van der Waals surface area contributed by atoms with E-state index in [0.717, 1.165) is 12.1 Å². The lowest BCUT2D eigenvalue weighted by atomic mass is 10.2. The van der Waals surface area contributed by atoms with E-state index in [0.29, 0.717) is 22.0 Å². The van der Waals surface area contributed by atoms with E-state index in [2.05, 4.69) is 10.6 Å². The van der Waals surface area contributed by atoms with E-state index in [-0.39, 0.29) is 27.8 Å². The molecule has 1 amide bonds. The smallest absolute Gasteiger partial charge is 0.243 e. The molecule has 0 heterocycles. The Kier molecular flexibility index (Phi) is 7.45. The zero-order chi connectivity index (χ0) is 24.2. The molecule has 0 radical (unpaired) electrons. The van der Waals surface area contributed by atoms with Gasteiger partial charge in [-0.25, -0.2) is 12.8 Å². The zero-order valence-electron chi connectivity index (χ0n) is 18.1. The molecule has 0 unspecified atom stereocenters. The van der Waals surface area contributed by atoms with Crippen molar-refractivity contribution in [2.75, 3.05) is 31.4 Å². The molecule has 0 aromatic heterocycles. The van der Waals surface area contributed by atoms with Gasteiger partial charge < -0.3 is 20.1 Å². The van der Waals surface area contributed by atoms with Crippen molar-refractivity contribution in [3.63, 3.8) is 0 Å². The highest BCUT2D eigenvalue weighted by Gasteiger charge is 2.24. The van der Waals surface area contributed by atoms with Crippen LogP contribution in [0.25, 0.3) is 0 Å². The average Bonchev–Trinajstić information content (AvgIpc) is 2.80. The Morgan fingerprint density at radius 3 is 2.42 bits per heavy atom. The Morgan fingerprint density at radius 2 is 1.73 bits per heavy atom. The lowest BCUT2D eigenvalue weighted by Crippen LogP contribution is -2.23. The number of sulfone groups is 1. The van der Waals surface area contributed by atoms with Crippen molar-refractivity contribution in [3.05, 3.63) is 71.0 Å². The first-order valence-electron chi connectivity index (χ1n) is 9.73. The number of halogens is 2. The minimum absolute atomic E-state index is 0.0733. The number of hydrogen-bond acceptors (Lipinski definition) is 6. The van der Waals surface area contributed by atoms with E-state index in [4.69, 9.17) is 21.1 Å². The Bertz CT molecular complexity index is 1300. The molecule has 3 rings (SSSR count). The van der Waals surface area contributed by atoms with Crippen LogP contribution >= 0.6 is 11.6 Å². The minimum Gasteiger partial charge on any atom is -0.493 e. The molecule has 0 atom stereocenters. The van der Waals surface area contributed by atoms with Crippen LogP contribution in [0.4, 0.5) is 15.8 Å². The highest BCUT2D eigenvalue weighted by atomic mass is 35.5. The standard InChI is InChI=1S/C23H22ClFN2O5S/c1-14-17(24)5-4-6-18(14)27-23(28)13-26-19-9-7-15(25)11-22(19)33(29,30)16-8-10-20(31-2)21(12-16)32-3/h4-12,26H,13H2,1-3H3,(H,27,28). The van der Waals surface area contributed by atoms with E-state index < -0.39 is 21.6 Å². The monoisotopic (exact) mass is 492 g/mol. The summed E-state index contributed by atoms with van der Waals surface area (Å²) in [4.78, 5) is 12.0. The van der Waals surface area contributed by atoms with Gasteiger partial charge in [0.15, 0.2) is 11.5 Å². The molecule has 174 valence electrons. The summed E-state index contributed by atoms with van der Waals surface area (Å²) in [6.07, 6.45) is 0. The number of amides is 1. The van der Waals surface area contributed by atoms with Gasteiger partial charge >= 0.3 is 0 Å². The molecule has 0 fully saturated rings. The number of nitrogens with one attached hydrogen (secondary N) is 2. The number of hydrogen-bond donors (Lipinski definition) is 2. The van der Waals surface area contributed by atoms with Crippen molar-refractivity contribution in [1.82, 2.24) is 0 Å². The van der Waals surface area contributed by atoms with Gasteiger partial charge in [-0.15, -0.1) is 0 Å². The van der Waals surface area contributed by atoms with Gasteiger partial charge in [0, 0.05) is 16.8 Å². The second-order valence-corrected chi connectivity index (χ2v) is 9.30. The summed E-state index contributed by atoms with van der Waals surface area (Å²) in [5.74, 6) is -0.611. The normalized spacial score (nSPS) is 11.1. The van der Waals surface area contributed by atoms with Crippen LogP contribution in [0.5, 0.6) is 11.5 Å². The van der Waals surface area contributed by atoms with Crippen LogP contribution in [-0.4, -0.2) is 35.1 Å². The van der Waals surface area contributed by atoms with Gasteiger partial charge in [-0.05, 0) is 55.0 Å². The molecule has 0 bridgehead atoms. The van der Waals surface area contributed by atoms with Gasteiger partial charge in [-0.3, -0.25) is 4.79 Å². The first-order chi connectivity index (χ1) is 15.7. The van der Waals surface area contributed by atoms with E-state index in [1.807, 2.05) is 0 Å². The van der Waals surface area contributed by atoms with Crippen LogP contribution in [-0.2, 0) is 14.6 Å². The fourth-order valence-electron chi connectivity index (χ4n) is 3.09. The zero-order valence-corrected chi connectivity index (χ0v) is 19.7. The maximum Gasteiger partial charge on any atom is 0.243 e. The highest BCUT2D eigenvalue weighted by Crippen LogP contribution is 2.34. The van der Waals surface area contributed by atoms with Crippen LogP contribution in [0.15, 0.2) is 64.4 Å². The van der Waals surface area contributed by atoms with Crippen molar-refractivity contribution in [1.29, 1.82) is 0 Å². The van der Waals surface area contributed by atoms with Gasteiger partial charge in [0.05, 0.1) is 36.2 Å². The van der Waals surface area contributed by atoms with Crippen molar-refractivity contribution < 1.29 is 27.1 Å². The number of carbonyl (C=O) groups excluding carboxylic acids is 1. The molecule has 0 saturated carbocycles. The molecule has 3 aromatic rings. The fourth-order valence-corrected chi connectivity index (χ4v) is 4.72.